The molecule has 0 radical (unpaired) electrons. The maximum Gasteiger partial charge on any atom is 0.144 e. The third-order valence-electron chi connectivity index (χ3n) is 2.96. The van der Waals surface area contributed by atoms with Crippen LogP contribution in [0, 0.1) is 31.1 Å². The molecule has 0 aliphatic carbocycles. The van der Waals surface area contributed by atoms with Crippen molar-refractivity contribution >= 4 is 5.82 Å². The molecular formula is C13H19N3O. The van der Waals surface area contributed by atoms with E-state index in [2.05, 4.69) is 16.4 Å². The second kappa shape index (κ2) is 5.65. The maximum atomic E-state index is 9.12. The molecule has 0 spiro atoms. The minimum atomic E-state index is 0.0702. The van der Waals surface area contributed by atoms with Crippen LogP contribution in [0.15, 0.2) is 6.07 Å². The Balaban J connectivity index is 3.02. The molecule has 2 atom stereocenters. The minimum absolute atomic E-state index is 0.0702. The summed E-state index contributed by atoms with van der Waals surface area (Å²) < 4.78 is 0. The number of aliphatic hydroxyl groups excluding tert-OH is 1. The smallest absolute Gasteiger partial charge is 0.144 e. The number of aliphatic hydroxyl groups is 1. The zero-order valence-corrected chi connectivity index (χ0v) is 10.8. The predicted molar refractivity (Wildman–Crippen MR) is 67.8 cm³/mol. The van der Waals surface area contributed by atoms with Crippen molar-refractivity contribution in [3.63, 3.8) is 0 Å². The van der Waals surface area contributed by atoms with E-state index < -0.39 is 0 Å². The Bertz CT molecular complexity index is 437. The van der Waals surface area contributed by atoms with E-state index >= 15 is 0 Å². The van der Waals surface area contributed by atoms with Crippen LogP contribution in [-0.2, 0) is 0 Å². The Labute approximate surface area is 102 Å². The van der Waals surface area contributed by atoms with Crippen LogP contribution in [0.25, 0.3) is 0 Å². The van der Waals surface area contributed by atoms with Gasteiger partial charge in [-0.2, -0.15) is 5.26 Å². The first-order valence-electron chi connectivity index (χ1n) is 5.75. The molecule has 92 valence electrons. The third-order valence-corrected chi connectivity index (χ3v) is 2.96. The van der Waals surface area contributed by atoms with Gasteiger partial charge in [-0.15, -0.1) is 0 Å². The summed E-state index contributed by atoms with van der Waals surface area (Å²) in [6.45, 7) is 7.84. The molecule has 1 heterocycles. The number of hydrogen-bond acceptors (Lipinski definition) is 4. The van der Waals surface area contributed by atoms with E-state index in [1.807, 2.05) is 33.8 Å². The summed E-state index contributed by atoms with van der Waals surface area (Å²) in [4.78, 5) is 4.35. The molecule has 4 nitrogen and oxygen atoms in total. The van der Waals surface area contributed by atoms with Crippen LogP contribution in [0.5, 0.6) is 0 Å². The van der Waals surface area contributed by atoms with Gasteiger partial charge in [0.1, 0.15) is 11.9 Å². The summed E-state index contributed by atoms with van der Waals surface area (Å²) in [6, 6.07) is 4.13. The zero-order chi connectivity index (χ0) is 13.0. The summed E-state index contributed by atoms with van der Waals surface area (Å²) in [5.74, 6) is 0.724. The van der Waals surface area contributed by atoms with Crippen molar-refractivity contribution < 1.29 is 5.11 Å². The summed E-state index contributed by atoms with van der Waals surface area (Å²) >= 11 is 0. The Hall–Kier alpha value is -1.60. The third kappa shape index (κ3) is 3.18. The number of rotatable bonds is 4. The highest BCUT2D eigenvalue weighted by Gasteiger charge is 2.15. The molecule has 0 aromatic carbocycles. The number of hydrogen-bond donors (Lipinski definition) is 2. The normalized spacial score (nSPS) is 13.9. The first kappa shape index (κ1) is 13.5. The molecule has 2 unspecified atom stereocenters. The predicted octanol–water partition coefficient (Wildman–Crippen LogP) is 2.00. The van der Waals surface area contributed by atoms with Gasteiger partial charge in [0.25, 0.3) is 0 Å². The molecule has 0 bridgehead atoms. The van der Waals surface area contributed by atoms with Crippen molar-refractivity contribution in [2.45, 2.75) is 33.7 Å². The van der Waals surface area contributed by atoms with E-state index in [0.717, 1.165) is 11.3 Å². The first-order valence-corrected chi connectivity index (χ1v) is 5.75. The summed E-state index contributed by atoms with van der Waals surface area (Å²) in [6.07, 6.45) is 0. The van der Waals surface area contributed by atoms with Crippen LogP contribution in [0.1, 0.15) is 30.7 Å². The number of nitrogens with zero attached hydrogens (tertiary/aromatic N) is 2. The van der Waals surface area contributed by atoms with Gasteiger partial charge in [-0.1, -0.05) is 6.92 Å². The van der Waals surface area contributed by atoms with Crippen molar-refractivity contribution in [2.24, 2.45) is 5.92 Å². The van der Waals surface area contributed by atoms with Crippen LogP contribution in [0.3, 0.4) is 0 Å². The SMILES string of the molecule is Cc1cc(C)c(C#N)c(NC(C)C(C)CO)n1. The van der Waals surface area contributed by atoms with Gasteiger partial charge in [0.2, 0.25) is 0 Å². The average Bonchev–Trinajstić information content (AvgIpc) is 2.27. The Morgan fingerprint density at radius 2 is 2.12 bits per heavy atom. The highest BCUT2D eigenvalue weighted by atomic mass is 16.3. The maximum absolute atomic E-state index is 9.12. The zero-order valence-electron chi connectivity index (χ0n) is 10.8. The van der Waals surface area contributed by atoms with E-state index in [1.54, 1.807) is 0 Å². The van der Waals surface area contributed by atoms with Gasteiger partial charge >= 0.3 is 0 Å². The molecule has 0 amide bonds. The van der Waals surface area contributed by atoms with Crippen LogP contribution < -0.4 is 5.32 Å². The second-order valence-corrected chi connectivity index (χ2v) is 4.51. The number of nitriles is 1. The highest BCUT2D eigenvalue weighted by Crippen LogP contribution is 2.19. The summed E-state index contributed by atoms with van der Waals surface area (Å²) in [5, 5.41) is 21.4. The van der Waals surface area contributed by atoms with Crippen LogP contribution in [-0.4, -0.2) is 22.7 Å². The fourth-order valence-corrected chi connectivity index (χ4v) is 1.60. The van der Waals surface area contributed by atoms with E-state index in [1.165, 1.54) is 0 Å². The standard InChI is InChI=1S/C13H19N3O/c1-8-5-10(3)15-13(12(8)6-14)16-11(4)9(2)7-17/h5,9,11,17H,7H2,1-4H3,(H,15,16). The van der Waals surface area contributed by atoms with Gasteiger partial charge < -0.3 is 10.4 Å². The van der Waals surface area contributed by atoms with Crippen molar-refractivity contribution in [2.75, 3.05) is 11.9 Å². The molecule has 0 aliphatic heterocycles. The molecule has 4 heteroatoms. The number of pyridine rings is 1. The molecule has 0 saturated heterocycles. The Morgan fingerprint density at radius 3 is 2.65 bits per heavy atom. The van der Waals surface area contributed by atoms with Crippen LogP contribution >= 0.6 is 0 Å². The van der Waals surface area contributed by atoms with Crippen molar-refractivity contribution in [3.8, 4) is 6.07 Å². The highest BCUT2D eigenvalue weighted by molar-refractivity contribution is 5.56. The van der Waals surface area contributed by atoms with Gasteiger partial charge in [0.15, 0.2) is 0 Å². The molecule has 2 N–H and O–H groups in total. The molecule has 17 heavy (non-hydrogen) atoms. The van der Waals surface area contributed by atoms with E-state index in [0.29, 0.717) is 11.4 Å². The number of nitrogens with one attached hydrogen (secondary N) is 1. The molecule has 1 aromatic heterocycles. The van der Waals surface area contributed by atoms with Crippen molar-refractivity contribution in [3.05, 3.63) is 22.9 Å². The van der Waals surface area contributed by atoms with Crippen LogP contribution in [0.4, 0.5) is 5.82 Å². The molecule has 1 aromatic rings. The first-order chi connectivity index (χ1) is 7.99. The van der Waals surface area contributed by atoms with Gasteiger partial charge in [0, 0.05) is 18.3 Å². The average molecular weight is 233 g/mol. The Kier molecular flexibility index (Phi) is 4.47. The van der Waals surface area contributed by atoms with Gasteiger partial charge in [-0.05, 0) is 38.3 Å². The van der Waals surface area contributed by atoms with Crippen molar-refractivity contribution in [1.29, 1.82) is 5.26 Å². The number of anilines is 1. The lowest BCUT2D eigenvalue weighted by Crippen LogP contribution is -2.27. The topological polar surface area (TPSA) is 68.9 Å². The molecule has 0 aliphatic rings. The lowest BCUT2D eigenvalue weighted by molar-refractivity contribution is 0.226. The largest absolute Gasteiger partial charge is 0.396 e. The molecular weight excluding hydrogens is 214 g/mol. The fraction of sp³-hybridized carbons (Fsp3) is 0.538. The Morgan fingerprint density at radius 1 is 1.47 bits per heavy atom. The molecule has 0 saturated carbocycles. The van der Waals surface area contributed by atoms with E-state index in [4.69, 9.17) is 10.4 Å². The van der Waals surface area contributed by atoms with Crippen LogP contribution in [0.2, 0.25) is 0 Å². The van der Waals surface area contributed by atoms with E-state index in [-0.39, 0.29) is 18.6 Å². The van der Waals surface area contributed by atoms with Gasteiger partial charge in [-0.25, -0.2) is 4.98 Å². The number of aromatic nitrogens is 1. The summed E-state index contributed by atoms with van der Waals surface area (Å²) in [7, 11) is 0. The van der Waals surface area contributed by atoms with Gasteiger partial charge in [-0.3, -0.25) is 0 Å². The number of aryl methyl sites for hydroxylation is 2. The second-order valence-electron chi connectivity index (χ2n) is 4.51. The van der Waals surface area contributed by atoms with Crippen molar-refractivity contribution in [1.82, 2.24) is 4.98 Å². The monoisotopic (exact) mass is 233 g/mol. The minimum Gasteiger partial charge on any atom is -0.396 e. The lowest BCUT2D eigenvalue weighted by atomic mass is 10.0. The quantitative estimate of drug-likeness (QED) is 0.834. The molecule has 0 fully saturated rings. The summed E-state index contributed by atoms with van der Waals surface area (Å²) in [5.41, 5.74) is 2.38. The molecule has 1 rings (SSSR count). The van der Waals surface area contributed by atoms with E-state index in [9.17, 15) is 0 Å². The van der Waals surface area contributed by atoms with Gasteiger partial charge in [0.05, 0.1) is 5.56 Å². The lowest BCUT2D eigenvalue weighted by Gasteiger charge is -2.21. The fourth-order valence-electron chi connectivity index (χ4n) is 1.60.